The predicted octanol–water partition coefficient (Wildman–Crippen LogP) is 2.72. The van der Waals surface area contributed by atoms with Crippen LogP contribution in [0.1, 0.15) is 156 Å². The molecule has 0 bridgehead atoms. The van der Waals surface area contributed by atoms with Gasteiger partial charge >= 0.3 is 10.4 Å². The maximum atomic E-state index is 15.3. The molecule has 1 rings (SSSR count). The molecule has 12 unspecified atom stereocenters. The molecule has 1 saturated heterocycles. The maximum Gasteiger partial charge on any atom is 0.397 e. The van der Waals surface area contributed by atoms with Crippen molar-refractivity contribution in [3.05, 3.63) is 12.2 Å². The monoisotopic (exact) mass is 1300 g/mol. The van der Waals surface area contributed by atoms with Crippen molar-refractivity contribution in [1.82, 2.24) is 55.6 Å². The SMILES string of the molecule is C/C=C/CC(C)C(OS(=O)(=O)O)C1C(=O)NC(CC)C(=O)N(C)CC(=O)N(C)C(CC(C)C)C(=O)NC(C(C)C)C(=O)N(C)C(CC(C)C)C(=O)NC(C)C(=O)NC(C)C(=O)N(C)C(CC(C)C)C(=O)N(C)C(CC(C)C)C(=O)N(C)C(C(C)C)C(=O)N1C.[Na]. The van der Waals surface area contributed by atoms with E-state index in [9.17, 15) is 46.5 Å². The Bertz CT molecular complexity index is 2600. The minimum absolute atomic E-state index is 0. The summed E-state index contributed by atoms with van der Waals surface area (Å²) in [4.78, 5) is 169. The van der Waals surface area contributed by atoms with E-state index in [0.717, 1.165) is 19.6 Å². The molecule has 0 aromatic heterocycles. The van der Waals surface area contributed by atoms with Crippen LogP contribution < -0.4 is 21.3 Å². The molecule has 0 aliphatic carbocycles. The van der Waals surface area contributed by atoms with Gasteiger partial charge in [-0.2, -0.15) is 8.42 Å². The van der Waals surface area contributed by atoms with Crippen LogP contribution in [0.15, 0.2) is 12.2 Å². The molecule has 1 heterocycles. The summed E-state index contributed by atoms with van der Waals surface area (Å²) in [5.74, 6) is -11.4. The van der Waals surface area contributed by atoms with Crippen LogP contribution in [0.5, 0.6) is 0 Å². The van der Waals surface area contributed by atoms with E-state index < -0.39 is 166 Å². The quantitative estimate of drug-likeness (QED) is 0.0795. The maximum absolute atomic E-state index is 15.3. The van der Waals surface area contributed by atoms with E-state index in [4.69, 9.17) is 4.18 Å². The first-order valence-electron chi connectivity index (χ1n) is 31.2. The summed E-state index contributed by atoms with van der Waals surface area (Å²) in [5.41, 5.74) is 0. The van der Waals surface area contributed by atoms with Gasteiger partial charge in [-0.3, -0.25) is 57.3 Å². The standard InChI is InChI=1S/C62H111N11O15S.Na/c1-25-27-28-40(15)52(88-89(85,86)87)51-56(78)65-43(26-2)58(80)67(18)33-48(74)68(19)44(29-34(3)4)55(77)66-49(38(11)12)61(83)69(20)45(30-35(5)6)54(76)63-41(16)53(75)64-42(17)57(79)70(21)46(31-36(7)8)59(81)71(22)47(32-37(9)10)60(82)72(23)50(39(13)14)62(84)73(51)24;/h25,27,34-47,49-52H,26,28-33H2,1-24H3,(H,63,76)(H,64,75)(H,65,78)(H,66,77)(H,85,86,87);/b27-25+;. The second-order valence-electron chi connectivity index (χ2n) is 26.6. The van der Waals surface area contributed by atoms with Crippen LogP contribution in [0.3, 0.4) is 0 Å². The molecule has 511 valence electrons. The van der Waals surface area contributed by atoms with Gasteiger partial charge in [-0.1, -0.05) is 109 Å². The number of hydrogen-bond acceptors (Lipinski definition) is 14. The summed E-state index contributed by atoms with van der Waals surface area (Å²) in [6.45, 7) is 28.3. The van der Waals surface area contributed by atoms with Crippen molar-refractivity contribution in [2.24, 2.45) is 41.4 Å². The Labute approximate surface area is 559 Å². The van der Waals surface area contributed by atoms with E-state index in [0.29, 0.717) is 0 Å². The zero-order valence-corrected chi connectivity index (χ0v) is 61.5. The normalized spacial score (nSPS) is 26.1. The summed E-state index contributed by atoms with van der Waals surface area (Å²) in [6, 6.07) is -13.4. The van der Waals surface area contributed by atoms with E-state index in [1.165, 1.54) is 84.8 Å². The molecular formula is C62H111N11NaO15S. The molecule has 1 radical (unpaired) electrons. The van der Waals surface area contributed by atoms with Crippen molar-refractivity contribution in [3.8, 4) is 0 Å². The largest absolute Gasteiger partial charge is 0.397 e. The Kier molecular flexibility index (Phi) is 35.9. The number of carbonyl (C=O) groups is 11. The molecular weight excluding hydrogens is 1190 g/mol. The molecule has 11 amide bonds. The van der Waals surface area contributed by atoms with Crippen LogP contribution in [0.2, 0.25) is 0 Å². The van der Waals surface area contributed by atoms with Gasteiger partial charge < -0.3 is 55.6 Å². The van der Waals surface area contributed by atoms with E-state index >= 15 is 19.2 Å². The summed E-state index contributed by atoms with van der Waals surface area (Å²) in [6.07, 6.45) is 1.84. The van der Waals surface area contributed by atoms with Gasteiger partial charge in [0.2, 0.25) is 65.0 Å². The minimum Gasteiger partial charge on any atom is -0.343 e. The van der Waals surface area contributed by atoms with E-state index in [1.807, 2.05) is 55.4 Å². The number of allylic oxidation sites excluding steroid dienone is 2. The van der Waals surface area contributed by atoms with Gasteiger partial charge in [-0.15, -0.1) is 0 Å². The first kappa shape index (κ1) is 84.8. The second-order valence-corrected chi connectivity index (χ2v) is 27.6. The number of rotatable bonds is 17. The average Bonchev–Trinajstić information content (AvgIpc) is 0.870. The van der Waals surface area contributed by atoms with Crippen LogP contribution in [0, 0.1) is 41.4 Å². The van der Waals surface area contributed by atoms with Gasteiger partial charge in [0.05, 0.1) is 6.54 Å². The summed E-state index contributed by atoms with van der Waals surface area (Å²) >= 11 is 0. The van der Waals surface area contributed by atoms with Gasteiger partial charge in [0.15, 0.2) is 0 Å². The zero-order chi connectivity index (χ0) is 69.2. The molecule has 1 aliphatic heterocycles. The van der Waals surface area contributed by atoms with Gasteiger partial charge in [-0.05, 0) is 101 Å². The first-order chi connectivity index (χ1) is 40.9. The molecule has 1 fully saturated rings. The molecule has 0 spiro atoms. The smallest absolute Gasteiger partial charge is 0.343 e. The number of nitrogens with zero attached hydrogens (tertiary/aromatic N) is 7. The predicted molar refractivity (Wildman–Crippen MR) is 345 cm³/mol. The second kappa shape index (κ2) is 38.1. The van der Waals surface area contributed by atoms with E-state index in [-0.39, 0.29) is 91.8 Å². The first-order valence-corrected chi connectivity index (χ1v) is 32.6. The molecule has 90 heavy (non-hydrogen) atoms. The van der Waals surface area contributed by atoms with E-state index in [1.54, 1.807) is 53.7 Å². The topological polar surface area (TPSA) is 322 Å². The number of carbonyl (C=O) groups excluding carboxylic acids is 11. The average molecular weight is 1310 g/mol. The molecule has 5 N–H and O–H groups in total. The zero-order valence-electron chi connectivity index (χ0n) is 58.7. The Morgan fingerprint density at radius 3 is 1.34 bits per heavy atom. The van der Waals surface area contributed by atoms with Crippen LogP contribution >= 0.6 is 0 Å². The molecule has 28 heteroatoms. The number of hydrogen-bond donors (Lipinski definition) is 5. The summed E-state index contributed by atoms with van der Waals surface area (Å²) in [7, 11) is 4.06. The van der Waals surface area contributed by atoms with Crippen molar-refractivity contribution in [3.63, 3.8) is 0 Å². The Morgan fingerprint density at radius 2 is 0.911 bits per heavy atom. The third kappa shape index (κ3) is 24.7. The van der Waals surface area contributed by atoms with Gasteiger partial charge in [0.1, 0.15) is 66.5 Å². The summed E-state index contributed by atoms with van der Waals surface area (Å²) in [5, 5.41) is 10.8. The van der Waals surface area contributed by atoms with Gasteiger partial charge in [-0.25, -0.2) is 4.18 Å². The van der Waals surface area contributed by atoms with Crippen molar-refractivity contribution in [1.29, 1.82) is 0 Å². The number of likely N-dealkylation sites (N-methyl/N-ethyl adjacent to an activating group) is 7. The van der Waals surface area contributed by atoms with Gasteiger partial charge in [0, 0.05) is 78.9 Å². The molecule has 1 aliphatic rings. The Hall–Kier alpha value is -5.22. The van der Waals surface area contributed by atoms with Crippen LogP contribution in [-0.4, -0.2) is 264 Å². The van der Waals surface area contributed by atoms with Crippen LogP contribution in [0.4, 0.5) is 0 Å². The van der Waals surface area contributed by atoms with Crippen LogP contribution in [0.25, 0.3) is 0 Å². The molecule has 0 aromatic carbocycles. The van der Waals surface area contributed by atoms with Crippen molar-refractivity contribution in [2.45, 2.75) is 223 Å². The van der Waals surface area contributed by atoms with Crippen molar-refractivity contribution >= 4 is 105 Å². The third-order valence-electron chi connectivity index (χ3n) is 16.3. The number of nitrogens with one attached hydrogen (secondary N) is 4. The fourth-order valence-electron chi connectivity index (χ4n) is 10.9. The third-order valence-corrected chi connectivity index (χ3v) is 16.7. The Morgan fingerprint density at radius 1 is 0.500 bits per heavy atom. The fraction of sp³-hybridized carbons (Fsp3) is 0.790. The number of amides is 11. The molecule has 0 saturated carbocycles. The molecule has 26 nitrogen and oxygen atoms in total. The fourth-order valence-corrected chi connectivity index (χ4v) is 11.5. The molecule has 0 aromatic rings. The Balaban J connectivity index is 0.0000792. The van der Waals surface area contributed by atoms with Crippen molar-refractivity contribution < 1.29 is 69.9 Å². The van der Waals surface area contributed by atoms with Gasteiger partial charge in [0.25, 0.3) is 0 Å². The van der Waals surface area contributed by atoms with E-state index in [2.05, 4.69) is 21.3 Å². The van der Waals surface area contributed by atoms with Crippen LogP contribution in [-0.2, 0) is 67.3 Å². The minimum atomic E-state index is -5.38. The molecule has 12 atom stereocenters. The van der Waals surface area contributed by atoms with Crippen molar-refractivity contribution in [2.75, 3.05) is 55.9 Å². The summed E-state index contributed by atoms with van der Waals surface area (Å²) < 4.78 is 41.0.